The molecule has 1 saturated carbocycles. The zero-order valence-corrected chi connectivity index (χ0v) is 7.32. The molecular formula is C9H17NO2. The molecule has 0 bridgehead atoms. The Morgan fingerprint density at radius 2 is 1.75 bits per heavy atom. The van der Waals surface area contributed by atoms with Gasteiger partial charge in [-0.25, -0.2) is 0 Å². The first-order valence-corrected chi connectivity index (χ1v) is 4.94. The summed E-state index contributed by atoms with van der Waals surface area (Å²) in [6.45, 7) is 0. The summed E-state index contributed by atoms with van der Waals surface area (Å²) in [5.74, 6) is 0.632. The summed E-state index contributed by atoms with van der Waals surface area (Å²) >= 11 is 0. The van der Waals surface area contributed by atoms with Crippen LogP contribution in [0.25, 0.3) is 0 Å². The van der Waals surface area contributed by atoms with Crippen LogP contribution < -0.4 is 0 Å². The Hall–Kier alpha value is -0.120. The second kappa shape index (κ2) is 3.32. The number of aliphatic hydroxyl groups is 1. The molecule has 1 aliphatic heterocycles. The molecule has 3 heteroatoms. The highest BCUT2D eigenvalue weighted by molar-refractivity contribution is 4.85. The van der Waals surface area contributed by atoms with Gasteiger partial charge in [-0.15, -0.1) is 0 Å². The van der Waals surface area contributed by atoms with Crippen molar-refractivity contribution in [2.45, 2.75) is 50.8 Å². The van der Waals surface area contributed by atoms with Crippen molar-refractivity contribution in [1.29, 1.82) is 0 Å². The van der Waals surface area contributed by atoms with Gasteiger partial charge in [0.1, 0.15) is 6.23 Å². The van der Waals surface area contributed by atoms with Gasteiger partial charge in [-0.1, -0.05) is 12.8 Å². The SMILES string of the molecule is OC1CCC2CCCCC2N1O. The first kappa shape index (κ1) is 8.48. The van der Waals surface area contributed by atoms with Gasteiger partial charge in [0.15, 0.2) is 0 Å². The first-order chi connectivity index (χ1) is 5.79. The summed E-state index contributed by atoms with van der Waals surface area (Å²) in [7, 11) is 0. The van der Waals surface area contributed by atoms with Gasteiger partial charge in [0.05, 0.1) is 0 Å². The Morgan fingerprint density at radius 3 is 2.58 bits per heavy atom. The molecule has 0 radical (unpaired) electrons. The Balaban J connectivity index is 2.03. The van der Waals surface area contributed by atoms with Crippen LogP contribution in [0.4, 0.5) is 0 Å². The van der Waals surface area contributed by atoms with Gasteiger partial charge in [0, 0.05) is 6.04 Å². The van der Waals surface area contributed by atoms with E-state index in [1.54, 1.807) is 0 Å². The highest BCUT2D eigenvalue weighted by Gasteiger charge is 2.36. The van der Waals surface area contributed by atoms with E-state index in [2.05, 4.69) is 0 Å². The monoisotopic (exact) mass is 171 g/mol. The van der Waals surface area contributed by atoms with Crippen LogP contribution in [-0.4, -0.2) is 27.6 Å². The average Bonchev–Trinajstić information content (AvgIpc) is 2.12. The summed E-state index contributed by atoms with van der Waals surface area (Å²) in [6.07, 6.45) is 5.99. The van der Waals surface area contributed by atoms with E-state index < -0.39 is 6.23 Å². The number of hydrogen-bond donors (Lipinski definition) is 2. The minimum absolute atomic E-state index is 0.238. The zero-order chi connectivity index (χ0) is 8.55. The third-order valence-corrected chi connectivity index (χ3v) is 3.31. The van der Waals surface area contributed by atoms with Crippen LogP contribution in [0.5, 0.6) is 0 Å². The molecule has 1 heterocycles. The first-order valence-electron chi connectivity index (χ1n) is 4.94. The highest BCUT2D eigenvalue weighted by Crippen LogP contribution is 2.35. The van der Waals surface area contributed by atoms with Gasteiger partial charge < -0.3 is 10.3 Å². The lowest BCUT2D eigenvalue weighted by Gasteiger charge is -2.43. The summed E-state index contributed by atoms with van der Waals surface area (Å²) in [4.78, 5) is 0. The molecule has 1 aliphatic carbocycles. The molecular weight excluding hydrogens is 154 g/mol. The molecule has 0 aromatic rings. The molecule has 2 fully saturated rings. The van der Waals surface area contributed by atoms with Crippen LogP contribution >= 0.6 is 0 Å². The van der Waals surface area contributed by atoms with Crippen LogP contribution in [0, 0.1) is 5.92 Å². The number of aliphatic hydroxyl groups excluding tert-OH is 1. The van der Waals surface area contributed by atoms with Gasteiger partial charge >= 0.3 is 0 Å². The summed E-state index contributed by atoms with van der Waals surface area (Å²) in [6, 6.07) is 0.238. The third-order valence-electron chi connectivity index (χ3n) is 3.31. The summed E-state index contributed by atoms with van der Waals surface area (Å²) < 4.78 is 0. The van der Waals surface area contributed by atoms with Crippen molar-refractivity contribution in [1.82, 2.24) is 5.06 Å². The maximum Gasteiger partial charge on any atom is 0.130 e. The number of hydroxylamine groups is 2. The smallest absolute Gasteiger partial charge is 0.130 e. The number of nitrogens with zero attached hydrogens (tertiary/aromatic N) is 1. The van der Waals surface area contributed by atoms with Crippen molar-refractivity contribution >= 4 is 0 Å². The van der Waals surface area contributed by atoms with Crippen molar-refractivity contribution in [3.8, 4) is 0 Å². The molecule has 0 aromatic carbocycles. The molecule has 70 valence electrons. The van der Waals surface area contributed by atoms with Crippen LogP contribution in [0.15, 0.2) is 0 Å². The molecule has 0 aromatic heterocycles. The van der Waals surface area contributed by atoms with Crippen molar-refractivity contribution < 1.29 is 10.3 Å². The topological polar surface area (TPSA) is 43.7 Å². The second-order valence-electron chi connectivity index (χ2n) is 4.05. The Bertz CT molecular complexity index is 161. The number of piperidine rings is 1. The standard InChI is InChI=1S/C9H17NO2/c11-9-6-5-7-3-1-2-4-8(7)10(9)12/h7-9,11-12H,1-6H2. The number of rotatable bonds is 0. The molecule has 2 N–H and O–H groups in total. The fourth-order valence-electron chi connectivity index (χ4n) is 2.59. The zero-order valence-electron chi connectivity index (χ0n) is 7.32. The molecule has 3 unspecified atom stereocenters. The Morgan fingerprint density at radius 1 is 1.00 bits per heavy atom. The molecule has 12 heavy (non-hydrogen) atoms. The molecule has 2 aliphatic rings. The molecule has 0 spiro atoms. The van der Waals surface area contributed by atoms with Crippen LogP contribution in [0.2, 0.25) is 0 Å². The lowest BCUT2D eigenvalue weighted by molar-refractivity contribution is -0.256. The second-order valence-corrected chi connectivity index (χ2v) is 4.05. The average molecular weight is 171 g/mol. The van der Waals surface area contributed by atoms with E-state index in [-0.39, 0.29) is 6.04 Å². The maximum absolute atomic E-state index is 9.56. The lowest BCUT2D eigenvalue weighted by atomic mass is 9.79. The van der Waals surface area contributed by atoms with E-state index in [9.17, 15) is 10.3 Å². The van der Waals surface area contributed by atoms with E-state index in [0.717, 1.165) is 19.3 Å². The van der Waals surface area contributed by atoms with Gasteiger partial charge in [-0.2, -0.15) is 5.06 Å². The third kappa shape index (κ3) is 1.37. The van der Waals surface area contributed by atoms with Crippen molar-refractivity contribution in [2.75, 3.05) is 0 Å². The largest absolute Gasteiger partial charge is 0.376 e. The molecule has 3 atom stereocenters. The molecule has 0 amide bonds. The Labute approximate surface area is 72.9 Å². The highest BCUT2D eigenvalue weighted by atomic mass is 16.5. The van der Waals surface area contributed by atoms with E-state index >= 15 is 0 Å². The number of fused-ring (bicyclic) bond motifs is 1. The Kier molecular flexibility index (Phi) is 2.35. The predicted molar refractivity (Wildman–Crippen MR) is 44.6 cm³/mol. The van der Waals surface area contributed by atoms with Gasteiger partial charge in [0.2, 0.25) is 0 Å². The van der Waals surface area contributed by atoms with Crippen molar-refractivity contribution in [3.63, 3.8) is 0 Å². The summed E-state index contributed by atoms with van der Waals surface area (Å²) in [5.41, 5.74) is 0. The fraction of sp³-hybridized carbons (Fsp3) is 1.00. The molecule has 1 saturated heterocycles. The maximum atomic E-state index is 9.56. The quantitative estimate of drug-likeness (QED) is 0.578. The van der Waals surface area contributed by atoms with E-state index in [1.165, 1.54) is 24.3 Å². The lowest BCUT2D eigenvalue weighted by Crippen LogP contribution is -2.50. The molecule has 2 rings (SSSR count). The van der Waals surface area contributed by atoms with E-state index in [4.69, 9.17) is 0 Å². The molecule has 3 nitrogen and oxygen atoms in total. The predicted octanol–water partition coefficient (Wildman–Crippen LogP) is 1.35. The minimum atomic E-state index is -0.607. The normalized spacial score (nSPS) is 44.0. The van der Waals surface area contributed by atoms with Crippen LogP contribution in [0.1, 0.15) is 38.5 Å². The van der Waals surface area contributed by atoms with Gasteiger partial charge in [-0.3, -0.25) is 0 Å². The van der Waals surface area contributed by atoms with Crippen LogP contribution in [-0.2, 0) is 0 Å². The van der Waals surface area contributed by atoms with Gasteiger partial charge in [0.25, 0.3) is 0 Å². The van der Waals surface area contributed by atoms with E-state index in [1.807, 2.05) is 0 Å². The van der Waals surface area contributed by atoms with Crippen molar-refractivity contribution in [3.05, 3.63) is 0 Å². The summed E-state index contributed by atoms with van der Waals surface area (Å²) in [5, 5.41) is 20.1. The van der Waals surface area contributed by atoms with E-state index in [0.29, 0.717) is 5.92 Å². The van der Waals surface area contributed by atoms with Gasteiger partial charge in [-0.05, 0) is 31.6 Å². The number of hydrogen-bond acceptors (Lipinski definition) is 3. The van der Waals surface area contributed by atoms with Crippen LogP contribution in [0.3, 0.4) is 0 Å². The minimum Gasteiger partial charge on any atom is -0.376 e. The fourth-order valence-corrected chi connectivity index (χ4v) is 2.59. The van der Waals surface area contributed by atoms with Crippen molar-refractivity contribution in [2.24, 2.45) is 5.92 Å².